The first-order valence-corrected chi connectivity index (χ1v) is 12.6. The summed E-state index contributed by atoms with van der Waals surface area (Å²) < 4.78 is 40.9. The lowest BCUT2D eigenvalue weighted by atomic mass is 9.57. The van der Waals surface area contributed by atoms with Gasteiger partial charge in [0.15, 0.2) is 0 Å². The third kappa shape index (κ3) is 7.42. The minimum Gasteiger partial charge on any atom is -0.369 e. The SMILES string of the molecule is CC(C)(C=O)NSc1ccc([N+](=O)[O-])c(C(F)(F)F)c1.CNC1C(C)CC2CC1CC(C)(C(N)=O)C2. The lowest BCUT2D eigenvalue weighted by Crippen LogP contribution is -2.52. The first-order valence-electron chi connectivity index (χ1n) is 11.8. The van der Waals surface area contributed by atoms with Crippen LogP contribution in [0.15, 0.2) is 23.1 Å². The molecule has 2 fully saturated rings. The number of nitrogens with two attached hydrogens (primary N) is 1. The molecule has 202 valence electrons. The van der Waals surface area contributed by atoms with Gasteiger partial charge in [-0.1, -0.05) is 13.8 Å². The molecule has 5 atom stereocenters. The summed E-state index contributed by atoms with van der Waals surface area (Å²) >= 11 is 0.799. The number of nitrogens with zero attached hydrogens (tertiary/aromatic N) is 1. The van der Waals surface area contributed by atoms with Crippen LogP contribution in [0.3, 0.4) is 0 Å². The molecule has 2 bridgehead atoms. The summed E-state index contributed by atoms with van der Waals surface area (Å²) in [5, 5.41) is 14.0. The van der Waals surface area contributed by atoms with Crippen molar-refractivity contribution >= 4 is 29.8 Å². The smallest absolute Gasteiger partial charge is 0.369 e. The van der Waals surface area contributed by atoms with Crippen molar-refractivity contribution in [1.29, 1.82) is 0 Å². The van der Waals surface area contributed by atoms with Crippen molar-refractivity contribution in [2.75, 3.05) is 7.05 Å². The second kappa shape index (κ2) is 11.5. The van der Waals surface area contributed by atoms with Crippen LogP contribution in [0.25, 0.3) is 0 Å². The highest BCUT2D eigenvalue weighted by Crippen LogP contribution is 2.50. The summed E-state index contributed by atoms with van der Waals surface area (Å²) in [5.41, 5.74) is 2.06. The van der Waals surface area contributed by atoms with Crippen LogP contribution in [0.5, 0.6) is 0 Å². The van der Waals surface area contributed by atoms with Crippen LogP contribution in [-0.4, -0.2) is 35.7 Å². The molecule has 0 aromatic heterocycles. The van der Waals surface area contributed by atoms with Crippen LogP contribution >= 0.6 is 11.9 Å². The zero-order valence-corrected chi connectivity index (χ0v) is 22.0. The van der Waals surface area contributed by atoms with Crippen molar-refractivity contribution < 1.29 is 27.7 Å². The molecular weight excluding hydrogens is 497 g/mol. The molecule has 2 aliphatic rings. The fourth-order valence-corrected chi connectivity index (χ4v) is 6.13. The van der Waals surface area contributed by atoms with Crippen LogP contribution in [0.4, 0.5) is 18.9 Å². The van der Waals surface area contributed by atoms with Gasteiger partial charge in [0, 0.05) is 22.4 Å². The number of nitro groups is 1. The van der Waals surface area contributed by atoms with Crippen LogP contribution in [-0.2, 0) is 15.8 Å². The minimum absolute atomic E-state index is 0.105. The number of primary amides is 1. The van der Waals surface area contributed by atoms with Crippen molar-refractivity contribution in [2.24, 2.45) is 28.9 Å². The van der Waals surface area contributed by atoms with Gasteiger partial charge in [-0.05, 0) is 88.4 Å². The summed E-state index contributed by atoms with van der Waals surface area (Å²) in [5.74, 6) is 1.96. The lowest BCUT2D eigenvalue weighted by Gasteiger charge is -2.49. The van der Waals surface area contributed by atoms with Crippen molar-refractivity contribution in [3.05, 3.63) is 33.9 Å². The number of amides is 1. The van der Waals surface area contributed by atoms with E-state index >= 15 is 0 Å². The van der Waals surface area contributed by atoms with E-state index in [4.69, 9.17) is 5.73 Å². The van der Waals surface area contributed by atoms with Gasteiger partial charge in [-0.25, -0.2) is 4.72 Å². The lowest BCUT2D eigenvalue weighted by molar-refractivity contribution is -0.388. The number of carbonyl (C=O) groups is 2. The highest BCUT2D eigenvalue weighted by molar-refractivity contribution is 7.97. The van der Waals surface area contributed by atoms with Gasteiger partial charge >= 0.3 is 6.18 Å². The summed E-state index contributed by atoms with van der Waals surface area (Å²) in [4.78, 5) is 31.9. The van der Waals surface area contributed by atoms with E-state index in [0.29, 0.717) is 30.2 Å². The highest BCUT2D eigenvalue weighted by Gasteiger charge is 2.47. The van der Waals surface area contributed by atoms with E-state index in [-0.39, 0.29) is 16.2 Å². The molecular formula is C24H35F3N4O4S. The van der Waals surface area contributed by atoms with E-state index in [1.807, 2.05) is 7.05 Å². The van der Waals surface area contributed by atoms with Crippen molar-refractivity contribution in [3.8, 4) is 0 Å². The summed E-state index contributed by atoms with van der Waals surface area (Å²) in [6, 6.07) is 3.22. The van der Waals surface area contributed by atoms with Gasteiger partial charge in [0.25, 0.3) is 5.69 Å². The van der Waals surface area contributed by atoms with Crippen LogP contribution in [0.1, 0.15) is 58.9 Å². The van der Waals surface area contributed by atoms with Gasteiger partial charge in [0.05, 0.1) is 10.5 Å². The van der Waals surface area contributed by atoms with E-state index < -0.39 is 27.9 Å². The summed E-state index contributed by atoms with van der Waals surface area (Å²) in [7, 11) is 2.04. The first-order chi connectivity index (χ1) is 16.5. The van der Waals surface area contributed by atoms with Crippen molar-refractivity contribution in [2.45, 2.75) is 76.0 Å². The fraction of sp³-hybridized carbons (Fsp3) is 0.667. The van der Waals surface area contributed by atoms with Crippen LogP contribution < -0.4 is 15.8 Å². The second-order valence-electron chi connectivity index (χ2n) is 10.7. The quantitative estimate of drug-likeness (QED) is 0.201. The van der Waals surface area contributed by atoms with Gasteiger partial charge < -0.3 is 15.8 Å². The first kappa shape index (κ1) is 30.0. The Labute approximate surface area is 213 Å². The standard InChI is InChI=1S/C13H24N2O.C11H11F3N2O3S/c1-8-4-9-5-10(11(8)15-3)7-13(2,6-9)12(14)16;1-10(2,6-17)15-20-7-3-4-9(16(18)19)8(5-7)11(12,13)14/h8-11,15H,4-7H2,1-3H3,(H2,14,16);3-6,15H,1-2H3. The predicted octanol–water partition coefficient (Wildman–Crippen LogP) is 4.71. The third-order valence-corrected chi connectivity index (χ3v) is 8.16. The molecule has 0 aliphatic heterocycles. The number of benzene rings is 1. The molecule has 1 aromatic carbocycles. The van der Waals surface area contributed by atoms with E-state index in [9.17, 15) is 32.9 Å². The molecule has 36 heavy (non-hydrogen) atoms. The molecule has 0 saturated heterocycles. The Kier molecular flexibility index (Phi) is 9.58. The van der Waals surface area contributed by atoms with Gasteiger partial charge in [-0.2, -0.15) is 13.2 Å². The average Bonchev–Trinajstić information content (AvgIpc) is 2.77. The fourth-order valence-electron chi connectivity index (χ4n) is 5.38. The Hall–Kier alpha value is -2.18. The number of nitrogens with one attached hydrogen (secondary N) is 2. The maximum Gasteiger partial charge on any atom is 0.423 e. The Morgan fingerprint density at radius 2 is 1.92 bits per heavy atom. The Morgan fingerprint density at radius 1 is 1.28 bits per heavy atom. The second-order valence-corrected chi connectivity index (χ2v) is 11.6. The van der Waals surface area contributed by atoms with Gasteiger partial charge in [-0.15, -0.1) is 0 Å². The average molecular weight is 533 g/mol. The number of aldehydes is 1. The Bertz CT molecular complexity index is 973. The monoisotopic (exact) mass is 532 g/mol. The van der Waals surface area contributed by atoms with Gasteiger partial charge in [-0.3, -0.25) is 14.9 Å². The number of alkyl halides is 3. The number of carbonyl (C=O) groups excluding carboxylic acids is 2. The molecule has 0 heterocycles. The van der Waals surface area contributed by atoms with Gasteiger partial charge in [0.2, 0.25) is 5.91 Å². The molecule has 2 aliphatic carbocycles. The number of hydrogen-bond donors (Lipinski definition) is 3. The zero-order chi connectivity index (χ0) is 27.5. The molecule has 12 heteroatoms. The normalized spacial score (nSPS) is 28.0. The molecule has 1 aromatic rings. The highest BCUT2D eigenvalue weighted by atomic mass is 32.2. The number of hydrogen-bond acceptors (Lipinski definition) is 7. The molecule has 0 radical (unpaired) electrons. The number of nitro benzene ring substituents is 1. The van der Waals surface area contributed by atoms with Gasteiger partial charge in [0.1, 0.15) is 11.8 Å². The predicted molar refractivity (Wildman–Crippen MR) is 132 cm³/mol. The van der Waals surface area contributed by atoms with Crippen LogP contribution in [0, 0.1) is 33.3 Å². The van der Waals surface area contributed by atoms with Crippen molar-refractivity contribution in [3.63, 3.8) is 0 Å². The minimum atomic E-state index is -4.82. The topological polar surface area (TPSA) is 127 Å². The third-order valence-electron chi connectivity index (χ3n) is 7.04. The molecule has 4 N–H and O–H groups in total. The number of fused-ring (bicyclic) bond motifs is 2. The summed E-state index contributed by atoms with van der Waals surface area (Å²) in [6.45, 7) is 7.47. The summed E-state index contributed by atoms with van der Waals surface area (Å²) in [6.07, 6.45) is 0.271. The zero-order valence-electron chi connectivity index (χ0n) is 21.1. The van der Waals surface area contributed by atoms with E-state index in [1.54, 1.807) is 13.8 Å². The molecule has 5 unspecified atom stereocenters. The van der Waals surface area contributed by atoms with E-state index in [2.05, 4.69) is 23.9 Å². The maximum atomic E-state index is 12.7. The Morgan fingerprint density at radius 3 is 2.42 bits per heavy atom. The maximum absolute atomic E-state index is 12.7. The van der Waals surface area contributed by atoms with Crippen molar-refractivity contribution in [1.82, 2.24) is 10.0 Å². The number of halogens is 3. The molecule has 2 saturated carbocycles. The van der Waals surface area contributed by atoms with Crippen LogP contribution in [0.2, 0.25) is 0 Å². The molecule has 8 nitrogen and oxygen atoms in total. The molecule has 0 spiro atoms. The Balaban J connectivity index is 0.000000259. The van der Waals surface area contributed by atoms with E-state index in [1.165, 1.54) is 18.9 Å². The number of rotatable bonds is 7. The molecule has 1 amide bonds. The van der Waals surface area contributed by atoms with E-state index in [0.717, 1.165) is 36.8 Å². The molecule has 3 rings (SSSR count). The largest absolute Gasteiger partial charge is 0.423 e.